The van der Waals surface area contributed by atoms with Crippen LogP contribution in [0.3, 0.4) is 0 Å². The first-order valence-corrected chi connectivity index (χ1v) is 8.19. The number of hydrogen-bond acceptors (Lipinski definition) is 1. The molecule has 1 heteroatoms. The van der Waals surface area contributed by atoms with Crippen LogP contribution in [-0.2, 0) is 0 Å². The highest BCUT2D eigenvalue weighted by atomic mass is 16.3. The summed E-state index contributed by atoms with van der Waals surface area (Å²) in [5, 5.41) is 10.3. The Morgan fingerprint density at radius 3 is 2.17 bits per heavy atom. The third kappa shape index (κ3) is 0.810. The van der Waals surface area contributed by atoms with Crippen molar-refractivity contribution in [3.05, 3.63) is 12.2 Å². The van der Waals surface area contributed by atoms with Crippen molar-refractivity contribution >= 4 is 0 Å². The fraction of sp³-hybridized carbons (Fsp3) is 0.882. The maximum Gasteiger partial charge on any atom is 0.0574 e. The van der Waals surface area contributed by atoms with Gasteiger partial charge in [-0.05, 0) is 84.9 Å². The lowest BCUT2D eigenvalue weighted by Crippen LogP contribution is -2.42. The minimum atomic E-state index is 0.0724. The molecule has 18 heavy (non-hydrogen) atoms. The van der Waals surface area contributed by atoms with E-state index in [0.29, 0.717) is 5.92 Å². The van der Waals surface area contributed by atoms with Gasteiger partial charge >= 0.3 is 0 Å². The largest absolute Gasteiger partial charge is 0.393 e. The molecule has 6 aliphatic rings. The van der Waals surface area contributed by atoms with Gasteiger partial charge in [0.15, 0.2) is 0 Å². The fourth-order valence-electron chi connectivity index (χ4n) is 8.21. The van der Waals surface area contributed by atoms with Crippen molar-refractivity contribution in [2.75, 3.05) is 0 Å². The van der Waals surface area contributed by atoms with E-state index in [2.05, 4.69) is 12.2 Å². The average Bonchev–Trinajstić information content (AvgIpc) is 3.14. The van der Waals surface area contributed by atoms with Gasteiger partial charge in [-0.15, -0.1) is 0 Å². The molecule has 96 valence electrons. The van der Waals surface area contributed by atoms with Gasteiger partial charge in [-0.25, -0.2) is 0 Å². The van der Waals surface area contributed by atoms with Crippen molar-refractivity contribution in [1.82, 2.24) is 0 Å². The van der Waals surface area contributed by atoms with Crippen LogP contribution in [0.2, 0.25) is 0 Å². The number of fused-ring (bicyclic) bond motifs is 16. The van der Waals surface area contributed by atoms with Crippen LogP contribution in [0.25, 0.3) is 0 Å². The third-order valence-corrected chi connectivity index (χ3v) is 8.20. The molecule has 5 saturated carbocycles. The van der Waals surface area contributed by atoms with Crippen LogP contribution in [0.15, 0.2) is 12.2 Å². The van der Waals surface area contributed by atoms with Crippen molar-refractivity contribution in [3.8, 4) is 0 Å². The molecule has 0 aromatic rings. The minimum Gasteiger partial charge on any atom is -0.393 e. The number of allylic oxidation sites excluding steroid dienone is 2. The topological polar surface area (TPSA) is 20.2 Å². The lowest BCUT2D eigenvalue weighted by molar-refractivity contribution is -0.00978. The quantitative estimate of drug-likeness (QED) is 0.511. The zero-order chi connectivity index (χ0) is 11.6. The Kier molecular flexibility index (Phi) is 1.46. The van der Waals surface area contributed by atoms with Crippen LogP contribution in [-0.4, -0.2) is 11.2 Å². The Hall–Kier alpha value is -0.300. The van der Waals surface area contributed by atoms with E-state index in [1.54, 1.807) is 6.42 Å². The summed E-state index contributed by atoms with van der Waals surface area (Å²) in [5.74, 6) is 9.68. The third-order valence-electron chi connectivity index (χ3n) is 8.20. The normalized spacial score (nSPS) is 73.3. The maximum absolute atomic E-state index is 10.3. The molecule has 1 nitrogen and oxygen atoms in total. The van der Waals surface area contributed by atoms with Crippen LogP contribution in [0, 0.1) is 59.2 Å². The van der Waals surface area contributed by atoms with Crippen molar-refractivity contribution in [3.63, 3.8) is 0 Å². The molecule has 6 aliphatic carbocycles. The lowest BCUT2D eigenvalue weighted by Gasteiger charge is -2.45. The van der Waals surface area contributed by atoms with Crippen LogP contribution in [0.1, 0.15) is 25.7 Å². The smallest absolute Gasteiger partial charge is 0.0574 e. The molecule has 0 aliphatic heterocycles. The molecule has 6 rings (SSSR count). The summed E-state index contributed by atoms with van der Waals surface area (Å²) in [6.45, 7) is 0. The summed E-state index contributed by atoms with van der Waals surface area (Å²) < 4.78 is 0. The van der Waals surface area contributed by atoms with E-state index in [9.17, 15) is 5.11 Å². The van der Waals surface area contributed by atoms with Crippen molar-refractivity contribution in [1.29, 1.82) is 0 Å². The first-order valence-electron chi connectivity index (χ1n) is 8.19. The van der Waals surface area contributed by atoms with Gasteiger partial charge in [-0.2, -0.15) is 0 Å². The summed E-state index contributed by atoms with van der Waals surface area (Å²) in [4.78, 5) is 0. The second-order valence-electron chi connectivity index (χ2n) is 8.28. The van der Waals surface area contributed by atoms with E-state index < -0.39 is 0 Å². The van der Waals surface area contributed by atoms with Gasteiger partial charge in [0.2, 0.25) is 0 Å². The molecular weight excluding hydrogens is 220 g/mol. The lowest BCUT2D eigenvalue weighted by atomic mass is 9.60. The molecule has 0 amide bonds. The monoisotopic (exact) mass is 242 g/mol. The number of aliphatic hydroxyl groups excluding tert-OH is 1. The van der Waals surface area contributed by atoms with Gasteiger partial charge in [-0.1, -0.05) is 12.2 Å². The SMILES string of the molecule is OC1CC2CC1C1C3CC(C4C5C=CC(C5)C34)C21. The Balaban J connectivity index is 1.46. The Morgan fingerprint density at radius 2 is 1.39 bits per heavy atom. The van der Waals surface area contributed by atoms with E-state index in [1.807, 2.05) is 0 Å². The fourth-order valence-corrected chi connectivity index (χ4v) is 8.21. The molecule has 5 fully saturated rings. The number of aliphatic hydroxyl groups is 1. The second kappa shape index (κ2) is 2.75. The Labute approximate surface area is 109 Å². The molecule has 1 N–H and O–H groups in total. The van der Waals surface area contributed by atoms with Gasteiger partial charge < -0.3 is 5.11 Å². The van der Waals surface area contributed by atoms with Crippen molar-refractivity contribution in [2.24, 2.45) is 59.2 Å². The standard InChI is InChI=1S/C17H22O/c18-13-5-9-4-10(13)17-12-6-11(16(9)17)14-7-1-2-8(3-7)15(12)14/h1-2,7-18H,3-6H2. The summed E-state index contributed by atoms with van der Waals surface area (Å²) in [7, 11) is 0. The van der Waals surface area contributed by atoms with Crippen molar-refractivity contribution in [2.45, 2.75) is 31.8 Å². The van der Waals surface area contributed by atoms with E-state index >= 15 is 0 Å². The highest BCUT2D eigenvalue weighted by Crippen LogP contribution is 2.75. The van der Waals surface area contributed by atoms with Gasteiger partial charge in [0, 0.05) is 0 Å². The van der Waals surface area contributed by atoms with Gasteiger partial charge in [0.1, 0.15) is 0 Å². The molecule has 11 unspecified atom stereocenters. The van der Waals surface area contributed by atoms with Crippen LogP contribution >= 0.6 is 0 Å². The second-order valence-corrected chi connectivity index (χ2v) is 8.28. The Bertz CT molecular complexity index is 455. The highest BCUT2D eigenvalue weighted by molar-refractivity contribution is 5.25. The summed E-state index contributed by atoms with van der Waals surface area (Å²) >= 11 is 0. The molecule has 0 heterocycles. The van der Waals surface area contributed by atoms with E-state index in [-0.39, 0.29) is 6.10 Å². The predicted octanol–water partition coefficient (Wildman–Crippen LogP) is 2.71. The van der Waals surface area contributed by atoms with Crippen molar-refractivity contribution < 1.29 is 5.11 Å². The molecule has 0 aromatic carbocycles. The van der Waals surface area contributed by atoms with E-state index in [0.717, 1.165) is 59.7 Å². The molecule has 11 atom stereocenters. The van der Waals surface area contributed by atoms with E-state index in [1.165, 1.54) is 12.8 Å². The van der Waals surface area contributed by atoms with Gasteiger partial charge in [0.05, 0.1) is 6.10 Å². The van der Waals surface area contributed by atoms with Gasteiger partial charge in [0.25, 0.3) is 0 Å². The molecule has 0 saturated heterocycles. The number of hydrogen-bond donors (Lipinski definition) is 1. The summed E-state index contributed by atoms with van der Waals surface area (Å²) in [6.07, 6.45) is 10.7. The summed E-state index contributed by atoms with van der Waals surface area (Å²) in [5.41, 5.74) is 0. The molecule has 0 radical (unpaired) electrons. The summed E-state index contributed by atoms with van der Waals surface area (Å²) in [6, 6.07) is 0. The van der Waals surface area contributed by atoms with Crippen LogP contribution in [0.4, 0.5) is 0 Å². The highest BCUT2D eigenvalue weighted by Gasteiger charge is 2.70. The molecule has 0 spiro atoms. The average molecular weight is 242 g/mol. The minimum absolute atomic E-state index is 0.0724. The predicted molar refractivity (Wildman–Crippen MR) is 68.5 cm³/mol. The zero-order valence-electron chi connectivity index (χ0n) is 10.8. The number of rotatable bonds is 0. The zero-order valence-corrected chi connectivity index (χ0v) is 10.8. The molecule has 6 bridgehead atoms. The Morgan fingerprint density at radius 1 is 0.667 bits per heavy atom. The maximum atomic E-state index is 10.3. The van der Waals surface area contributed by atoms with E-state index in [4.69, 9.17) is 0 Å². The first-order chi connectivity index (χ1) is 8.83. The van der Waals surface area contributed by atoms with Crippen LogP contribution < -0.4 is 0 Å². The molecule has 0 aromatic heterocycles. The van der Waals surface area contributed by atoms with Gasteiger partial charge in [-0.3, -0.25) is 0 Å². The van der Waals surface area contributed by atoms with Crippen LogP contribution in [0.5, 0.6) is 0 Å². The molecular formula is C17H22O. The first kappa shape index (κ1) is 9.58.